The molecule has 6 rings (SSSR count). The highest BCUT2D eigenvalue weighted by molar-refractivity contribution is 5.63. The van der Waals surface area contributed by atoms with Gasteiger partial charge in [0.2, 0.25) is 0 Å². The van der Waals surface area contributed by atoms with Gasteiger partial charge >= 0.3 is 6.01 Å². The van der Waals surface area contributed by atoms with Crippen LogP contribution >= 0.6 is 0 Å². The number of nitriles is 1. The van der Waals surface area contributed by atoms with Crippen molar-refractivity contribution in [3.05, 3.63) is 40.1 Å². The number of nitrogens with zero attached hydrogens (tertiary/aromatic N) is 5. The molecule has 1 aliphatic carbocycles. The zero-order valence-corrected chi connectivity index (χ0v) is 26.6. The summed E-state index contributed by atoms with van der Waals surface area (Å²) >= 11 is 0. The van der Waals surface area contributed by atoms with Crippen LogP contribution < -0.4 is 15.4 Å². The van der Waals surface area contributed by atoms with Gasteiger partial charge in [-0.1, -0.05) is 40.2 Å². The minimum atomic E-state index is -0.794. The number of rotatable bonds is 9. The van der Waals surface area contributed by atoms with Crippen molar-refractivity contribution in [1.82, 2.24) is 14.9 Å². The molecular formula is C35H49FN6O. The first-order valence-corrected chi connectivity index (χ1v) is 16.7. The monoisotopic (exact) mass is 588 g/mol. The number of nitrogen functional groups attached to an aromatic ring is 1. The van der Waals surface area contributed by atoms with Crippen LogP contribution in [-0.2, 0) is 12.8 Å². The predicted octanol–water partition coefficient (Wildman–Crippen LogP) is 6.69. The van der Waals surface area contributed by atoms with E-state index in [1.165, 1.54) is 24.0 Å². The zero-order chi connectivity index (χ0) is 30.4. The molecule has 1 aromatic heterocycles. The van der Waals surface area contributed by atoms with E-state index in [4.69, 9.17) is 20.4 Å². The quantitative estimate of drug-likeness (QED) is 0.327. The summed E-state index contributed by atoms with van der Waals surface area (Å²) in [6.45, 7) is 12.9. The van der Waals surface area contributed by atoms with E-state index in [2.05, 4.69) is 49.6 Å². The van der Waals surface area contributed by atoms with Gasteiger partial charge < -0.3 is 15.4 Å². The SMILES string of the molecule is CCCC1(C)CCN(c2nc(OC[C@@]34CCCN3CC(F)C4)nc3c2CCC(c2c([C@@H](C)CC)ccc(N)c2C#N)C3)C1. The minimum absolute atomic E-state index is 0.153. The van der Waals surface area contributed by atoms with Gasteiger partial charge in [-0.25, -0.2) is 4.39 Å². The third-order valence-corrected chi connectivity index (χ3v) is 11.1. The Bertz CT molecular complexity index is 1390. The average Bonchev–Trinajstić information content (AvgIpc) is 3.66. The fourth-order valence-corrected chi connectivity index (χ4v) is 8.67. The number of fused-ring (bicyclic) bond motifs is 2. The molecule has 0 bridgehead atoms. The van der Waals surface area contributed by atoms with Crippen molar-refractivity contribution in [2.75, 3.05) is 43.4 Å². The van der Waals surface area contributed by atoms with Crippen molar-refractivity contribution in [2.24, 2.45) is 5.41 Å². The largest absolute Gasteiger partial charge is 0.461 e. The second-order valence-electron chi connectivity index (χ2n) is 14.2. The Labute approximate surface area is 257 Å². The number of benzene rings is 1. The summed E-state index contributed by atoms with van der Waals surface area (Å²) < 4.78 is 21.0. The van der Waals surface area contributed by atoms with Crippen molar-refractivity contribution in [2.45, 2.75) is 115 Å². The van der Waals surface area contributed by atoms with Crippen LogP contribution in [0.25, 0.3) is 0 Å². The van der Waals surface area contributed by atoms with E-state index < -0.39 is 6.17 Å². The van der Waals surface area contributed by atoms with Crippen LogP contribution in [0.2, 0.25) is 0 Å². The van der Waals surface area contributed by atoms with Gasteiger partial charge in [-0.2, -0.15) is 15.2 Å². The summed E-state index contributed by atoms with van der Waals surface area (Å²) in [6.07, 6.45) is 8.83. The van der Waals surface area contributed by atoms with Gasteiger partial charge in [0.05, 0.1) is 16.8 Å². The van der Waals surface area contributed by atoms with Crippen LogP contribution in [-0.4, -0.2) is 59.4 Å². The topological polar surface area (TPSA) is 91.3 Å². The third kappa shape index (κ3) is 5.59. The molecule has 0 radical (unpaired) electrons. The number of alkyl halides is 1. The molecule has 43 heavy (non-hydrogen) atoms. The summed E-state index contributed by atoms with van der Waals surface area (Å²) in [5, 5.41) is 10.2. The number of aromatic nitrogens is 2. The molecule has 7 nitrogen and oxygen atoms in total. The molecule has 3 unspecified atom stereocenters. The van der Waals surface area contributed by atoms with E-state index >= 15 is 0 Å². The Morgan fingerprint density at radius 1 is 1.23 bits per heavy atom. The Kier molecular flexibility index (Phi) is 8.32. The molecule has 5 atom stereocenters. The van der Waals surface area contributed by atoms with Crippen LogP contribution in [0.15, 0.2) is 12.1 Å². The molecule has 8 heteroatoms. The Balaban J connectivity index is 1.36. The van der Waals surface area contributed by atoms with E-state index in [1.807, 2.05) is 6.07 Å². The molecule has 2 N–H and O–H groups in total. The van der Waals surface area contributed by atoms with Crippen molar-refractivity contribution >= 4 is 11.5 Å². The van der Waals surface area contributed by atoms with Gasteiger partial charge in [0.1, 0.15) is 24.7 Å². The van der Waals surface area contributed by atoms with E-state index in [1.54, 1.807) is 0 Å². The number of hydrogen-bond donors (Lipinski definition) is 1. The minimum Gasteiger partial charge on any atom is -0.461 e. The molecule has 4 aliphatic rings. The molecule has 3 saturated heterocycles. The van der Waals surface area contributed by atoms with Crippen molar-refractivity contribution in [1.29, 1.82) is 5.26 Å². The molecule has 0 saturated carbocycles. The maximum Gasteiger partial charge on any atom is 0.318 e. The fraction of sp³-hybridized carbons (Fsp3) is 0.686. The number of nitrogens with two attached hydrogens (primary N) is 1. The van der Waals surface area contributed by atoms with E-state index in [-0.39, 0.29) is 16.9 Å². The van der Waals surface area contributed by atoms with Gasteiger partial charge in [0, 0.05) is 37.3 Å². The highest BCUT2D eigenvalue weighted by Gasteiger charge is 2.49. The Morgan fingerprint density at radius 3 is 2.84 bits per heavy atom. The normalized spacial score (nSPS) is 29.3. The second-order valence-corrected chi connectivity index (χ2v) is 14.2. The molecular weight excluding hydrogens is 539 g/mol. The first-order valence-electron chi connectivity index (χ1n) is 16.7. The van der Waals surface area contributed by atoms with Crippen LogP contribution in [0.1, 0.15) is 119 Å². The van der Waals surface area contributed by atoms with Crippen LogP contribution in [0.4, 0.5) is 15.9 Å². The lowest BCUT2D eigenvalue weighted by Crippen LogP contribution is -2.43. The van der Waals surface area contributed by atoms with Gasteiger partial charge in [0.25, 0.3) is 0 Å². The summed E-state index contributed by atoms with van der Waals surface area (Å²) in [5.74, 6) is 1.51. The molecule has 3 aliphatic heterocycles. The van der Waals surface area contributed by atoms with E-state index in [0.29, 0.717) is 42.8 Å². The summed E-state index contributed by atoms with van der Waals surface area (Å²) in [4.78, 5) is 14.9. The van der Waals surface area contributed by atoms with Crippen LogP contribution in [0.5, 0.6) is 6.01 Å². The van der Waals surface area contributed by atoms with Crippen LogP contribution in [0.3, 0.4) is 0 Å². The van der Waals surface area contributed by atoms with Gasteiger partial charge in [-0.3, -0.25) is 4.90 Å². The second kappa shape index (κ2) is 11.9. The maximum absolute atomic E-state index is 14.5. The smallest absolute Gasteiger partial charge is 0.318 e. The summed E-state index contributed by atoms with van der Waals surface area (Å²) in [7, 11) is 0. The molecule has 0 amide bonds. The molecule has 4 heterocycles. The van der Waals surface area contributed by atoms with E-state index in [9.17, 15) is 9.65 Å². The third-order valence-electron chi connectivity index (χ3n) is 11.1. The number of hydrogen-bond acceptors (Lipinski definition) is 7. The molecule has 1 aromatic carbocycles. The molecule has 232 valence electrons. The maximum atomic E-state index is 14.5. The summed E-state index contributed by atoms with van der Waals surface area (Å²) in [5.41, 5.74) is 12.2. The number of halogens is 1. The first-order chi connectivity index (χ1) is 20.7. The fourth-order valence-electron chi connectivity index (χ4n) is 8.67. The molecule has 0 spiro atoms. The zero-order valence-electron chi connectivity index (χ0n) is 26.6. The van der Waals surface area contributed by atoms with Crippen LogP contribution in [0, 0.1) is 16.7 Å². The highest BCUT2D eigenvalue weighted by Crippen LogP contribution is 2.45. The van der Waals surface area contributed by atoms with Gasteiger partial charge in [-0.05, 0) is 92.4 Å². The number of ether oxygens (including phenoxy) is 1. The van der Waals surface area contributed by atoms with Crippen molar-refractivity contribution in [3.63, 3.8) is 0 Å². The summed E-state index contributed by atoms with van der Waals surface area (Å²) in [6, 6.07) is 6.88. The van der Waals surface area contributed by atoms with Gasteiger partial charge in [-0.15, -0.1) is 0 Å². The lowest BCUT2D eigenvalue weighted by atomic mass is 9.76. The predicted molar refractivity (Wildman–Crippen MR) is 169 cm³/mol. The standard InChI is InChI=1S/C35H49FN6O/c1-5-12-34(4)14-16-41(21-34)32-27-9-8-24(31-26(23(3)6-2)10-11-29(38)28(31)19-37)17-30(27)39-33(40-32)43-22-35-13-7-15-42(35)20-25(36)18-35/h10-11,23-25H,5-9,12-18,20-22,38H2,1-4H3/t23-,24?,25?,34?,35-/m0/s1. The molecule has 2 aromatic rings. The molecule has 3 fully saturated rings. The highest BCUT2D eigenvalue weighted by atomic mass is 19.1. The first kappa shape index (κ1) is 30.1. The Hall–Kier alpha value is -2.92. The Morgan fingerprint density at radius 2 is 2.07 bits per heavy atom. The number of anilines is 2. The van der Waals surface area contributed by atoms with Crippen molar-refractivity contribution < 1.29 is 9.13 Å². The lowest BCUT2D eigenvalue weighted by Gasteiger charge is -2.33. The van der Waals surface area contributed by atoms with Crippen molar-refractivity contribution in [3.8, 4) is 12.1 Å². The lowest BCUT2D eigenvalue weighted by molar-refractivity contribution is 0.107. The van der Waals surface area contributed by atoms with Gasteiger partial charge in [0.15, 0.2) is 0 Å². The average molecular weight is 589 g/mol. The van der Waals surface area contributed by atoms with E-state index in [0.717, 1.165) is 81.7 Å².